The summed E-state index contributed by atoms with van der Waals surface area (Å²) in [6, 6.07) is 5.14. The van der Waals surface area contributed by atoms with Crippen molar-refractivity contribution in [1.82, 2.24) is 15.3 Å². The molecule has 3 nitrogen and oxygen atoms in total. The second-order valence-electron chi connectivity index (χ2n) is 3.72. The highest BCUT2D eigenvalue weighted by atomic mass is 19.1. The van der Waals surface area contributed by atoms with Gasteiger partial charge in [0.25, 0.3) is 0 Å². The van der Waals surface area contributed by atoms with E-state index in [1.165, 1.54) is 6.07 Å². The van der Waals surface area contributed by atoms with Crippen LogP contribution in [0.25, 0.3) is 0 Å². The standard InChI is InChI=1S/C12H14FN3/c1-9-6-10(2-3-11(9)13)7-14-8-12-15-4-5-16-12/h2-6,14H,7-8H2,1H3,(H,15,16). The molecule has 4 heteroatoms. The van der Waals surface area contributed by atoms with Gasteiger partial charge >= 0.3 is 0 Å². The summed E-state index contributed by atoms with van der Waals surface area (Å²) < 4.78 is 13.0. The summed E-state index contributed by atoms with van der Waals surface area (Å²) in [6.45, 7) is 3.16. The number of halogens is 1. The molecular formula is C12H14FN3. The summed E-state index contributed by atoms with van der Waals surface area (Å²) in [5.74, 6) is 0.744. The zero-order valence-electron chi connectivity index (χ0n) is 9.13. The van der Waals surface area contributed by atoms with Gasteiger partial charge in [-0.2, -0.15) is 0 Å². The van der Waals surface area contributed by atoms with Crippen LogP contribution in [0.4, 0.5) is 4.39 Å². The Morgan fingerprint density at radius 2 is 2.25 bits per heavy atom. The van der Waals surface area contributed by atoms with Gasteiger partial charge in [0, 0.05) is 18.9 Å². The Balaban J connectivity index is 1.87. The van der Waals surface area contributed by atoms with Crippen LogP contribution >= 0.6 is 0 Å². The van der Waals surface area contributed by atoms with Crippen LogP contribution < -0.4 is 5.32 Å². The molecule has 2 aromatic rings. The van der Waals surface area contributed by atoms with Gasteiger partial charge in [-0.15, -0.1) is 0 Å². The lowest BCUT2D eigenvalue weighted by molar-refractivity contribution is 0.614. The topological polar surface area (TPSA) is 40.7 Å². The molecule has 0 aliphatic rings. The predicted molar refractivity (Wildman–Crippen MR) is 60.3 cm³/mol. The van der Waals surface area contributed by atoms with E-state index in [0.29, 0.717) is 18.7 Å². The smallest absolute Gasteiger partial charge is 0.126 e. The monoisotopic (exact) mass is 219 g/mol. The van der Waals surface area contributed by atoms with Crippen molar-refractivity contribution in [3.63, 3.8) is 0 Å². The number of nitrogens with one attached hydrogen (secondary N) is 2. The normalized spacial score (nSPS) is 10.6. The largest absolute Gasteiger partial charge is 0.348 e. The minimum Gasteiger partial charge on any atom is -0.348 e. The Morgan fingerprint density at radius 3 is 2.94 bits per heavy atom. The van der Waals surface area contributed by atoms with Crippen LogP contribution in [0.5, 0.6) is 0 Å². The van der Waals surface area contributed by atoms with Crippen molar-refractivity contribution in [2.75, 3.05) is 0 Å². The first-order valence-electron chi connectivity index (χ1n) is 5.20. The summed E-state index contributed by atoms with van der Waals surface area (Å²) in [5, 5.41) is 3.23. The van der Waals surface area contributed by atoms with Crippen molar-refractivity contribution in [3.05, 3.63) is 53.4 Å². The Kier molecular flexibility index (Phi) is 3.31. The van der Waals surface area contributed by atoms with E-state index in [9.17, 15) is 4.39 Å². The molecule has 0 radical (unpaired) electrons. The SMILES string of the molecule is Cc1cc(CNCc2ncc[nH]2)ccc1F. The number of aryl methyl sites for hydroxylation is 1. The van der Waals surface area contributed by atoms with E-state index in [1.54, 1.807) is 25.4 Å². The molecule has 2 N–H and O–H groups in total. The average Bonchev–Trinajstić information content (AvgIpc) is 2.76. The number of nitrogens with zero attached hydrogens (tertiary/aromatic N) is 1. The highest BCUT2D eigenvalue weighted by Gasteiger charge is 1.99. The molecule has 84 valence electrons. The van der Waals surface area contributed by atoms with E-state index in [0.717, 1.165) is 11.4 Å². The molecule has 0 fully saturated rings. The molecule has 0 saturated heterocycles. The third-order valence-corrected chi connectivity index (χ3v) is 2.40. The van der Waals surface area contributed by atoms with Gasteiger partial charge in [0.2, 0.25) is 0 Å². The molecule has 0 aliphatic carbocycles. The minimum atomic E-state index is -0.158. The van der Waals surface area contributed by atoms with E-state index >= 15 is 0 Å². The van der Waals surface area contributed by atoms with Gasteiger partial charge < -0.3 is 10.3 Å². The third-order valence-electron chi connectivity index (χ3n) is 2.40. The minimum absolute atomic E-state index is 0.158. The molecule has 0 bridgehead atoms. The fraction of sp³-hybridized carbons (Fsp3) is 0.250. The Bertz CT molecular complexity index is 451. The second-order valence-corrected chi connectivity index (χ2v) is 3.72. The first-order chi connectivity index (χ1) is 7.75. The van der Waals surface area contributed by atoms with Crippen LogP contribution in [0.3, 0.4) is 0 Å². The van der Waals surface area contributed by atoms with E-state index in [2.05, 4.69) is 15.3 Å². The van der Waals surface area contributed by atoms with Gasteiger partial charge in [0.1, 0.15) is 11.6 Å². The number of aromatic amines is 1. The number of rotatable bonds is 4. The Labute approximate surface area is 93.7 Å². The molecule has 2 rings (SSSR count). The summed E-state index contributed by atoms with van der Waals surface area (Å²) >= 11 is 0. The van der Waals surface area contributed by atoms with Gasteiger partial charge in [0.15, 0.2) is 0 Å². The van der Waals surface area contributed by atoms with Gasteiger partial charge in [-0.25, -0.2) is 9.37 Å². The zero-order chi connectivity index (χ0) is 11.4. The maximum atomic E-state index is 13.0. The molecule has 16 heavy (non-hydrogen) atoms. The molecule has 0 saturated carbocycles. The van der Waals surface area contributed by atoms with Crippen LogP contribution in [-0.2, 0) is 13.1 Å². The van der Waals surface area contributed by atoms with Gasteiger partial charge in [-0.1, -0.05) is 12.1 Å². The third kappa shape index (κ3) is 2.67. The van der Waals surface area contributed by atoms with Crippen LogP contribution in [0.2, 0.25) is 0 Å². The number of H-pyrrole nitrogens is 1. The van der Waals surface area contributed by atoms with Crippen molar-refractivity contribution in [2.45, 2.75) is 20.0 Å². The maximum Gasteiger partial charge on any atom is 0.126 e. The molecule has 1 aromatic carbocycles. The average molecular weight is 219 g/mol. The fourth-order valence-corrected chi connectivity index (χ4v) is 1.54. The molecule has 0 unspecified atom stereocenters. The molecule has 0 atom stereocenters. The van der Waals surface area contributed by atoms with Crippen LogP contribution in [0, 0.1) is 12.7 Å². The van der Waals surface area contributed by atoms with Crippen LogP contribution in [0.1, 0.15) is 17.0 Å². The van der Waals surface area contributed by atoms with E-state index in [-0.39, 0.29) is 5.82 Å². The lowest BCUT2D eigenvalue weighted by Crippen LogP contribution is -2.13. The van der Waals surface area contributed by atoms with Crippen LogP contribution in [-0.4, -0.2) is 9.97 Å². The lowest BCUT2D eigenvalue weighted by Gasteiger charge is -2.04. The van der Waals surface area contributed by atoms with Crippen molar-refractivity contribution < 1.29 is 4.39 Å². The second kappa shape index (κ2) is 4.90. The number of benzene rings is 1. The number of hydrogen-bond acceptors (Lipinski definition) is 2. The first-order valence-corrected chi connectivity index (χ1v) is 5.20. The fourth-order valence-electron chi connectivity index (χ4n) is 1.54. The number of imidazole rings is 1. The van der Waals surface area contributed by atoms with Crippen LogP contribution in [0.15, 0.2) is 30.6 Å². The predicted octanol–water partition coefficient (Wildman–Crippen LogP) is 2.15. The van der Waals surface area contributed by atoms with E-state index in [4.69, 9.17) is 0 Å². The highest BCUT2D eigenvalue weighted by Crippen LogP contribution is 2.08. The van der Waals surface area contributed by atoms with Gasteiger partial charge in [0.05, 0.1) is 6.54 Å². The lowest BCUT2D eigenvalue weighted by atomic mass is 10.1. The molecule has 1 aromatic heterocycles. The Morgan fingerprint density at radius 1 is 1.38 bits per heavy atom. The van der Waals surface area contributed by atoms with E-state index < -0.39 is 0 Å². The molecule has 0 aliphatic heterocycles. The van der Waals surface area contributed by atoms with E-state index in [1.807, 2.05) is 6.07 Å². The molecule has 0 spiro atoms. The van der Waals surface area contributed by atoms with Gasteiger partial charge in [-0.3, -0.25) is 0 Å². The summed E-state index contributed by atoms with van der Waals surface area (Å²) in [6.07, 6.45) is 3.51. The van der Waals surface area contributed by atoms with Crippen molar-refractivity contribution in [1.29, 1.82) is 0 Å². The first kappa shape index (κ1) is 10.8. The number of hydrogen-bond donors (Lipinski definition) is 2. The highest BCUT2D eigenvalue weighted by molar-refractivity contribution is 5.23. The van der Waals surface area contributed by atoms with Crippen molar-refractivity contribution in [3.8, 4) is 0 Å². The quantitative estimate of drug-likeness (QED) is 0.827. The maximum absolute atomic E-state index is 13.0. The Hall–Kier alpha value is -1.68. The number of aromatic nitrogens is 2. The van der Waals surface area contributed by atoms with Crippen molar-refractivity contribution in [2.24, 2.45) is 0 Å². The molecular weight excluding hydrogens is 205 g/mol. The summed E-state index contributed by atoms with van der Waals surface area (Å²) in [4.78, 5) is 7.11. The molecule has 0 amide bonds. The van der Waals surface area contributed by atoms with Gasteiger partial charge in [-0.05, 0) is 24.1 Å². The molecule has 1 heterocycles. The van der Waals surface area contributed by atoms with Crippen molar-refractivity contribution >= 4 is 0 Å². The summed E-state index contributed by atoms with van der Waals surface area (Å²) in [5.41, 5.74) is 1.75. The zero-order valence-corrected chi connectivity index (χ0v) is 9.13. The summed E-state index contributed by atoms with van der Waals surface area (Å²) in [7, 11) is 0.